The van der Waals surface area contributed by atoms with Crippen LogP contribution in [0, 0.1) is 0 Å². The maximum atomic E-state index is 12.1. The lowest BCUT2D eigenvalue weighted by Crippen LogP contribution is -2.50. The highest BCUT2D eigenvalue weighted by molar-refractivity contribution is 8.00. The molecule has 8 nitrogen and oxygen atoms in total. The lowest BCUT2D eigenvalue weighted by molar-refractivity contribution is -0.135. The normalized spacial score (nSPS) is 18.7. The average molecular weight is 337 g/mol. The minimum absolute atomic E-state index is 0.122. The molecule has 2 heterocycles. The summed E-state index contributed by atoms with van der Waals surface area (Å²) in [7, 11) is 0. The van der Waals surface area contributed by atoms with E-state index in [-0.39, 0.29) is 12.7 Å². The van der Waals surface area contributed by atoms with Crippen molar-refractivity contribution in [2.24, 2.45) is 0 Å². The standard InChI is InChI=1S/C14H15N3O5S/c1-8(18)17-4-5-23-14(17)13(20)16-15-12(19)9-2-3-10-11(6-9)22-7-21-10/h2-3,6,14H,4-5,7H2,1H3,(H,15,19)(H,16,20). The van der Waals surface area contributed by atoms with E-state index in [0.29, 0.717) is 29.4 Å². The van der Waals surface area contributed by atoms with Crippen LogP contribution < -0.4 is 20.3 Å². The van der Waals surface area contributed by atoms with Crippen molar-refractivity contribution < 1.29 is 23.9 Å². The molecule has 0 saturated carbocycles. The Morgan fingerprint density at radius 3 is 2.78 bits per heavy atom. The van der Waals surface area contributed by atoms with Crippen molar-refractivity contribution in [3.05, 3.63) is 23.8 Å². The highest BCUT2D eigenvalue weighted by Gasteiger charge is 2.33. The maximum absolute atomic E-state index is 12.1. The van der Waals surface area contributed by atoms with Gasteiger partial charge >= 0.3 is 0 Å². The maximum Gasteiger partial charge on any atom is 0.271 e. The van der Waals surface area contributed by atoms with Crippen molar-refractivity contribution in [2.75, 3.05) is 19.1 Å². The minimum atomic E-state index is -0.621. The second-order valence-corrected chi connectivity index (χ2v) is 6.14. The molecule has 2 N–H and O–H groups in total. The molecular formula is C14H15N3O5S. The van der Waals surface area contributed by atoms with Gasteiger partial charge in [0.25, 0.3) is 11.8 Å². The summed E-state index contributed by atoms with van der Waals surface area (Å²) in [5.74, 6) is 0.666. The zero-order valence-electron chi connectivity index (χ0n) is 12.3. The van der Waals surface area contributed by atoms with E-state index in [0.717, 1.165) is 0 Å². The second kappa shape index (κ2) is 6.37. The first kappa shape index (κ1) is 15.5. The SMILES string of the molecule is CC(=O)N1CCSC1C(=O)NNC(=O)c1ccc2c(c1)OCO2. The molecule has 1 atom stereocenters. The van der Waals surface area contributed by atoms with Gasteiger partial charge in [-0.15, -0.1) is 11.8 Å². The van der Waals surface area contributed by atoms with Gasteiger partial charge in [-0.3, -0.25) is 25.2 Å². The molecule has 9 heteroatoms. The summed E-state index contributed by atoms with van der Waals surface area (Å²) in [5.41, 5.74) is 5.02. The Balaban J connectivity index is 1.58. The van der Waals surface area contributed by atoms with Crippen LogP contribution in [0.4, 0.5) is 0 Å². The quantitative estimate of drug-likeness (QED) is 0.743. The van der Waals surface area contributed by atoms with Crippen LogP contribution in [0.15, 0.2) is 18.2 Å². The summed E-state index contributed by atoms with van der Waals surface area (Å²) < 4.78 is 10.4. The molecule has 0 radical (unpaired) electrons. The van der Waals surface area contributed by atoms with Crippen molar-refractivity contribution in [2.45, 2.75) is 12.3 Å². The number of nitrogens with one attached hydrogen (secondary N) is 2. The van der Waals surface area contributed by atoms with Crippen molar-refractivity contribution >= 4 is 29.5 Å². The minimum Gasteiger partial charge on any atom is -0.454 e. The van der Waals surface area contributed by atoms with Gasteiger partial charge in [0.1, 0.15) is 0 Å². The van der Waals surface area contributed by atoms with Crippen LogP contribution in [-0.4, -0.2) is 47.1 Å². The van der Waals surface area contributed by atoms with Gasteiger partial charge in [-0.05, 0) is 18.2 Å². The summed E-state index contributed by atoms with van der Waals surface area (Å²) in [6.45, 7) is 2.06. The summed E-state index contributed by atoms with van der Waals surface area (Å²) in [4.78, 5) is 37.1. The number of fused-ring (bicyclic) bond motifs is 1. The van der Waals surface area contributed by atoms with E-state index in [1.807, 2.05) is 0 Å². The van der Waals surface area contributed by atoms with E-state index < -0.39 is 17.2 Å². The molecular weight excluding hydrogens is 322 g/mol. The van der Waals surface area contributed by atoms with E-state index in [1.165, 1.54) is 29.7 Å². The molecule has 23 heavy (non-hydrogen) atoms. The van der Waals surface area contributed by atoms with Gasteiger partial charge in [0.2, 0.25) is 12.7 Å². The number of carbonyl (C=O) groups excluding carboxylic acids is 3. The predicted octanol–water partition coefficient (Wildman–Crippen LogP) is 0.0977. The third-order valence-corrected chi connectivity index (χ3v) is 4.66. The second-order valence-electron chi connectivity index (χ2n) is 4.95. The number of thioether (sulfide) groups is 1. The van der Waals surface area contributed by atoms with Gasteiger partial charge in [-0.1, -0.05) is 0 Å². The fraction of sp³-hybridized carbons (Fsp3) is 0.357. The van der Waals surface area contributed by atoms with E-state index in [4.69, 9.17) is 9.47 Å². The molecule has 1 unspecified atom stereocenters. The number of amides is 3. The largest absolute Gasteiger partial charge is 0.454 e. The Bertz CT molecular complexity index is 666. The molecule has 1 fully saturated rings. The van der Waals surface area contributed by atoms with E-state index in [9.17, 15) is 14.4 Å². The highest BCUT2D eigenvalue weighted by Crippen LogP contribution is 2.32. The molecule has 3 rings (SSSR count). The first-order chi connectivity index (χ1) is 11.1. The number of hydrogen-bond acceptors (Lipinski definition) is 6. The van der Waals surface area contributed by atoms with Crippen molar-refractivity contribution in [1.29, 1.82) is 0 Å². The molecule has 0 spiro atoms. The van der Waals surface area contributed by atoms with Crippen LogP contribution >= 0.6 is 11.8 Å². The van der Waals surface area contributed by atoms with Crippen LogP contribution in [0.3, 0.4) is 0 Å². The predicted molar refractivity (Wildman–Crippen MR) is 81.8 cm³/mol. The fourth-order valence-electron chi connectivity index (χ4n) is 2.30. The monoisotopic (exact) mass is 337 g/mol. The van der Waals surface area contributed by atoms with Crippen LogP contribution in [0.1, 0.15) is 17.3 Å². The third kappa shape index (κ3) is 3.19. The molecule has 0 aromatic heterocycles. The Labute approximate surface area is 136 Å². The number of ether oxygens (including phenoxy) is 2. The summed E-state index contributed by atoms with van der Waals surface area (Å²) in [6, 6.07) is 4.74. The summed E-state index contributed by atoms with van der Waals surface area (Å²) >= 11 is 1.36. The van der Waals surface area contributed by atoms with Gasteiger partial charge in [-0.2, -0.15) is 0 Å². The Kier molecular flexibility index (Phi) is 4.28. The Hall–Kier alpha value is -2.42. The topological polar surface area (TPSA) is 97.0 Å². The molecule has 1 aromatic carbocycles. The molecule has 2 aliphatic heterocycles. The molecule has 1 saturated heterocycles. The van der Waals surface area contributed by atoms with Crippen LogP contribution in [0.5, 0.6) is 11.5 Å². The third-order valence-electron chi connectivity index (χ3n) is 3.45. The van der Waals surface area contributed by atoms with Crippen LogP contribution in [-0.2, 0) is 9.59 Å². The fourth-order valence-corrected chi connectivity index (χ4v) is 3.47. The number of hydrogen-bond donors (Lipinski definition) is 2. The van der Waals surface area contributed by atoms with Gasteiger partial charge in [0.15, 0.2) is 16.9 Å². The first-order valence-electron chi connectivity index (χ1n) is 6.95. The van der Waals surface area contributed by atoms with E-state index in [1.54, 1.807) is 12.1 Å². The van der Waals surface area contributed by atoms with E-state index >= 15 is 0 Å². The zero-order valence-corrected chi connectivity index (χ0v) is 13.1. The van der Waals surface area contributed by atoms with Crippen molar-refractivity contribution in [3.8, 4) is 11.5 Å². The summed E-state index contributed by atoms with van der Waals surface area (Å²) in [5, 5.41) is -0.621. The Morgan fingerprint density at radius 1 is 1.22 bits per heavy atom. The first-order valence-corrected chi connectivity index (χ1v) is 8.00. The van der Waals surface area contributed by atoms with E-state index in [2.05, 4.69) is 10.9 Å². The average Bonchev–Trinajstić information content (AvgIpc) is 3.19. The number of hydrazine groups is 1. The van der Waals surface area contributed by atoms with Gasteiger partial charge in [0, 0.05) is 24.8 Å². The zero-order chi connectivity index (χ0) is 16.4. The number of benzene rings is 1. The molecule has 3 amide bonds. The van der Waals surface area contributed by atoms with Crippen LogP contribution in [0.2, 0.25) is 0 Å². The van der Waals surface area contributed by atoms with Gasteiger partial charge < -0.3 is 14.4 Å². The highest BCUT2D eigenvalue weighted by atomic mass is 32.2. The van der Waals surface area contributed by atoms with Crippen LogP contribution in [0.25, 0.3) is 0 Å². The smallest absolute Gasteiger partial charge is 0.271 e. The van der Waals surface area contributed by atoms with Crippen molar-refractivity contribution in [1.82, 2.24) is 15.8 Å². The van der Waals surface area contributed by atoms with Gasteiger partial charge in [-0.25, -0.2) is 0 Å². The molecule has 0 aliphatic carbocycles. The number of nitrogens with zero attached hydrogens (tertiary/aromatic N) is 1. The number of rotatable bonds is 2. The molecule has 0 bridgehead atoms. The summed E-state index contributed by atoms with van der Waals surface area (Å²) in [6.07, 6.45) is 0. The lowest BCUT2D eigenvalue weighted by atomic mass is 10.2. The van der Waals surface area contributed by atoms with Gasteiger partial charge in [0.05, 0.1) is 0 Å². The molecule has 1 aromatic rings. The van der Waals surface area contributed by atoms with Crippen molar-refractivity contribution in [3.63, 3.8) is 0 Å². The Morgan fingerprint density at radius 2 is 2.00 bits per heavy atom. The number of carbonyl (C=O) groups is 3. The molecule has 2 aliphatic rings. The molecule has 122 valence electrons. The lowest BCUT2D eigenvalue weighted by Gasteiger charge is -2.21.